The number of carbonyl (C=O) groups is 2. The third-order valence-electron chi connectivity index (χ3n) is 3.75. The lowest BCUT2D eigenvalue weighted by atomic mass is 9.99. The molecule has 21 heavy (non-hydrogen) atoms. The van der Waals surface area contributed by atoms with Gasteiger partial charge in [0.25, 0.3) is 11.8 Å². The van der Waals surface area contributed by atoms with Crippen molar-refractivity contribution in [3.63, 3.8) is 0 Å². The van der Waals surface area contributed by atoms with Crippen LogP contribution in [0, 0.1) is 13.8 Å². The van der Waals surface area contributed by atoms with Gasteiger partial charge < -0.3 is 5.73 Å². The van der Waals surface area contributed by atoms with Crippen molar-refractivity contribution in [2.45, 2.75) is 20.4 Å². The maximum absolute atomic E-state index is 12.5. The van der Waals surface area contributed by atoms with Crippen LogP contribution in [0.1, 0.15) is 31.8 Å². The molecule has 0 aliphatic carbocycles. The molecule has 2 amide bonds. The number of aromatic nitrogens is 2. The first-order chi connectivity index (χ1) is 9.99. The average Bonchev–Trinajstić information content (AvgIpc) is 2.96. The zero-order valence-electron chi connectivity index (χ0n) is 12.0. The molecule has 0 atom stereocenters. The van der Waals surface area contributed by atoms with Gasteiger partial charge in [-0.15, -0.1) is 0 Å². The van der Waals surface area contributed by atoms with Crippen LogP contribution < -0.4 is 5.73 Å². The topological polar surface area (TPSA) is 81.2 Å². The number of imide groups is 1. The summed E-state index contributed by atoms with van der Waals surface area (Å²) in [7, 11) is 0. The first-order valence-electron chi connectivity index (χ1n) is 6.73. The van der Waals surface area contributed by atoms with Crippen LogP contribution in [0.2, 0.25) is 0 Å². The van der Waals surface area contributed by atoms with E-state index in [2.05, 4.69) is 5.10 Å². The van der Waals surface area contributed by atoms with Gasteiger partial charge in [0.15, 0.2) is 0 Å². The van der Waals surface area contributed by atoms with E-state index < -0.39 is 0 Å². The van der Waals surface area contributed by atoms with Crippen molar-refractivity contribution in [2.75, 3.05) is 12.3 Å². The van der Waals surface area contributed by atoms with Gasteiger partial charge in [0.1, 0.15) is 0 Å². The summed E-state index contributed by atoms with van der Waals surface area (Å²) < 4.78 is 1.62. The Hall–Kier alpha value is -2.63. The van der Waals surface area contributed by atoms with Crippen LogP contribution in [0.4, 0.5) is 5.69 Å². The zero-order chi connectivity index (χ0) is 15.1. The number of anilines is 1. The van der Waals surface area contributed by atoms with E-state index in [1.165, 1.54) is 11.1 Å². The molecule has 108 valence electrons. The number of nitrogens with two attached hydrogens (primary N) is 1. The highest BCUT2D eigenvalue weighted by Gasteiger charge is 2.37. The van der Waals surface area contributed by atoms with Crippen LogP contribution >= 0.6 is 0 Å². The number of nitrogen functional groups attached to an aromatic ring is 1. The van der Waals surface area contributed by atoms with Crippen LogP contribution in [-0.2, 0) is 6.54 Å². The van der Waals surface area contributed by atoms with E-state index in [9.17, 15) is 9.59 Å². The Morgan fingerprint density at radius 2 is 1.62 bits per heavy atom. The second kappa shape index (κ2) is 4.73. The summed E-state index contributed by atoms with van der Waals surface area (Å²) in [5.41, 5.74) is 8.88. The molecule has 0 saturated heterocycles. The van der Waals surface area contributed by atoms with Crippen molar-refractivity contribution >= 4 is 17.5 Å². The van der Waals surface area contributed by atoms with Crippen LogP contribution in [0.3, 0.4) is 0 Å². The van der Waals surface area contributed by atoms with Gasteiger partial charge >= 0.3 is 0 Å². The minimum atomic E-state index is -0.226. The molecule has 6 nitrogen and oxygen atoms in total. The summed E-state index contributed by atoms with van der Waals surface area (Å²) in [6.45, 7) is 4.41. The molecule has 1 aromatic heterocycles. The Morgan fingerprint density at radius 3 is 2.10 bits per heavy atom. The molecule has 0 saturated carbocycles. The van der Waals surface area contributed by atoms with E-state index >= 15 is 0 Å². The van der Waals surface area contributed by atoms with E-state index in [-0.39, 0.29) is 18.4 Å². The minimum absolute atomic E-state index is 0.226. The fourth-order valence-corrected chi connectivity index (χ4v) is 2.63. The van der Waals surface area contributed by atoms with E-state index in [0.29, 0.717) is 23.4 Å². The molecule has 2 aromatic rings. The van der Waals surface area contributed by atoms with Gasteiger partial charge in [0.05, 0.1) is 29.6 Å². The largest absolute Gasteiger partial charge is 0.396 e. The zero-order valence-corrected chi connectivity index (χ0v) is 12.0. The predicted molar refractivity (Wildman–Crippen MR) is 77.9 cm³/mol. The predicted octanol–water partition coefficient (Wildman–Crippen LogP) is 1.38. The van der Waals surface area contributed by atoms with Gasteiger partial charge in [0, 0.05) is 12.7 Å². The van der Waals surface area contributed by atoms with Crippen molar-refractivity contribution in [2.24, 2.45) is 0 Å². The molecule has 2 N–H and O–H groups in total. The van der Waals surface area contributed by atoms with E-state index in [0.717, 1.165) is 11.1 Å². The van der Waals surface area contributed by atoms with Crippen molar-refractivity contribution < 1.29 is 9.59 Å². The van der Waals surface area contributed by atoms with Crippen LogP contribution in [0.15, 0.2) is 24.5 Å². The number of amides is 2. The van der Waals surface area contributed by atoms with Crippen molar-refractivity contribution in [3.05, 3.63) is 46.8 Å². The van der Waals surface area contributed by atoms with Gasteiger partial charge in [-0.3, -0.25) is 19.2 Å². The number of benzene rings is 1. The van der Waals surface area contributed by atoms with Gasteiger partial charge in [-0.1, -0.05) is 12.1 Å². The maximum atomic E-state index is 12.5. The van der Waals surface area contributed by atoms with Crippen LogP contribution in [0.25, 0.3) is 0 Å². The molecule has 0 unspecified atom stereocenters. The van der Waals surface area contributed by atoms with Crippen LogP contribution in [-0.4, -0.2) is 33.0 Å². The molecule has 3 rings (SSSR count). The summed E-state index contributed by atoms with van der Waals surface area (Å²) >= 11 is 0. The SMILES string of the molecule is Cc1ccc(C)c2c1C(=O)N(CCn1cc(N)cn1)C2=O. The highest BCUT2D eigenvalue weighted by Crippen LogP contribution is 2.28. The summed E-state index contributed by atoms with van der Waals surface area (Å²) in [4.78, 5) is 26.2. The molecule has 0 fully saturated rings. The monoisotopic (exact) mass is 284 g/mol. The number of carbonyl (C=O) groups excluding carboxylic acids is 2. The Kier molecular flexibility index (Phi) is 3.01. The normalized spacial score (nSPS) is 13.9. The molecule has 0 radical (unpaired) electrons. The number of nitrogens with zero attached hydrogens (tertiary/aromatic N) is 3. The second-order valence-electron chi connectivity index (χ2n) is 5.25. The highest BCUT2D eigenvalue weighted by atomic mass is 16.2. The third-order valence-corrected chi connectivity index (χ3v) is 3.75. The summed E-state index contributed by atoms with van der Waals surface area (Å²) in [5.74, 6) is -0.451. The second-order valence-corrected chi connectivity index (χ2v) is 5.25. The van der Waals surface area contributed by atoms with Crippen molar-refractivity contribution in [1.29, 1.82) is 0 Å². The van der Waals surface area contributed by atoms with Crippen molar-refractivity contribution in [1.82, 2.24) is 14.7 Å². The Bertz CT molecular complexity index is 707. The maximum Gasteiger partial charge on any atom is 0.261 e. The van der Waals surface area contributed by atoms with E-state index in [1.54, 1.807) is 10.9 Å². The van der Waals surface area contributed by atoms with Gasteiger partial charge in [-0.2, -0.15) is 5.10 Å². The van der Waals surface area contributed by atoms with Gasteiger partial charge in [-0.25, -0.2) is 0 Å². The molecule has 0 bridgehead atoms. The quantitative estimate of drug-likeness (QED) is 0.863. The molecular formula is C15H16N4O2. The Labute approximate surface area is 122 Å². The molecular weight excluding hydrogens is 268 g/mol. The molecule has 0 spiro atoms. The summed E-state index contributed by atoms with van der Waals surface area (Å²) in [6.07, 6.45) is 3.21. The highest BCUT2D eigenvalue weighted by molar-refractivity contribution is 6.22. The van der Waals surface area contributed by atoms with Gasteiger partial charge in [-0.05, 0) is 25.0 Å². The molecule has 6 heteroatoms. The summed E-state index contributed by atoms with van der Waals surface area (Å²) in [5, 5.41) is 4.05. The number of aryl methyl sites for hydroxylation is 2. The summed E-state index contributed by atoms with van der Waals surface area (Å²) in [6, 6.07) is 3.74. The third kappa shape index (κ3) is 2.08. The molecule has 1 aromatic carbocycles. The number of hydrogen-bond acceptors (Lipinski definition) is 4. The lowest BCUT2D eigenvalue weighted by Crippen LogP contribution is -2.33. The molecule has 1 aliphatic rings. The standard InChI is InChI=1S/C15H16N4O2/c1-9-3-4-10(2)13-12(9)14(20)19(15(13)21)6-5-18-8-11(16)7-17-18/h3-4,7-8H,5-6,16H2,1-2H3. The van der Waals surface area contributed by atoms with Gasteiger partial charge in [0.2, 0.25) is 0 Å². The average molecular weight is 284 g/mol. The number of fused-ring (bicyclic) bond motifs is 1. The van der Waals surface area contributed by atoms with E-state index in [1.807, 2.05) is 26.0 Å². The fraction of sp³-hybridized carbons (Fsp3) is 0.267. The minimum Gasteiger partial charge on any atom is -0.396 e. The van der Waals surface area contributed by atoms with Crippen molar-refractivity contribution in [3.8, 4) is 0 Å². The van der Waals surface area contributed by atoms with Crippen LogP contribution in [0.5, 0.6) is 0 Å². The Morgan fingerprint density at radius 1 is 1.05 bits per heavy atom. The van der Waals surface area contributed by atoms with E-state index in [4.69, 9.17) is 5.73 Å². The lowest BCUT2D eigenvalue weighted by Gasteiger charge is -2.13. The Balaban J connectivity index is 1.86. The lowest BCUT2D eigenvalue weighted by molar-refractivity contribution is 0.0647. The fourth-order valence-electron chi connectivity index (χ4n) is 2.63. The molecule has 1 aliphatic heterocycles. The number of rotatable bonds is 3. The number of hydrogen-bond donors (Lipinski definition) is 1. The molecule has 2 heterocycles. The first kappa shape index (κ1) is 13.4. The first-order valence-corrected chi connectivity index (χ1v) is 6.73. The smallest absolute Gasteiger partial charge is 0.261 e.